The van der Waals surface area contributed by atoms with Gasteiger partial charge in [0.2, 0.25) is 0 Å². The predicted molar refractivity (Wildman–Crippen MR) is 109 cm³/mol. The minimum atomic E-state index is -0.954. The number of carbonyl (C=O) groups is 1. The van der Waals surface area contributed by atoms with Crippen LogP contribution in [0.2, 0.25) is 0 Å². The molecular weight excluding hydrogens is 373 g/mol. The number of hydrogen-bond donors (Lipinski definition) is 2. The Morgan fingerprint density at radius 2 is 2.14 bits per heavy atom. The molecule has 3 heterocycles. The first-order valence-corrected chi connectivity index (χ1v) is 9.68. The summed E-state index contributed by atoms with van der Waals surface area (Å²) in [5.74, 6) is -1.06. The molecule has 0 saturated heterocycles. The van der Waals surface area contributed by atoms with E-state index in [1.807, 2.05) is 24.6 Å². The maximum absolute atomic E-state index is 15.0. The number of ether oxygens (including phenoxy) is 1. The predicted octanol–water partition coefficient (Wildman–Crippen LogP) is 3.41. The largest absolute Gasteiger partial charge is 0.490 e. The highest BCUT2D eigenvalue weighted by atomic mass is 19.1. The van der Waals surface area contributed by atoms with Gasteiger partial charge in [-0.2, -0.15) is 0 Å². The van der Waals surface area contributed by atoms with E-state index in [0.29, 0.717) is 41.4 Å². The van der Waals surface area contributed by atoms with Crippen molar-refractivity contribution in [2.45, 2.75) is 39.7 Å². The van der Waals surface area contributed by atoms with Crippen molar-refractivity contribution in [1.29, 1.82) is 0 Å². The highest BCUT2D eigenvalue weighted by Gasteiger charge is 2.26. The van der Waals surface area contributed by atoms with E-state index < -0.39 is 11.8 Å². The Kier molecular flexibility index (Phi) is 4.78. The molecule has 7 heteroatoms. The van der Waals surface area contributed by atoms with Crippen molar-refractivity contribution in [2.24, 2.45) is 12.8 Å². The number of halogens is 1. The number of nitrogens with two attached hydrogens (primary N) is 1. The first kappa shape index (κ1) is 19.4. The second-order valence-corrected chi connectivity index (χ2v) is 7.55. The molecule has 0 amide bonds. The molecular formula is C22H24FN3O3. The number of aliphatic carboxylic acids is 1. The van der Waals surface area contributed by atoms with E-state index >= 15 is 0 Å². The van der Waals surface area contributed by atoms with Crippen LogP contribution in [0.15, 0.2) is 12.1 Å². The van der Waals surface area contributed by atoms with Gasteiger partial charge in [-0.3, -0.25) is 4.79 Å². The van der Waals surface area contributed by atoms with Gasteiger partial charge in [-0.25, -0.2) is 9.37 Å². The molecule has 6 nitrogen and oxygen atoms in total. The Balaban J connectivity index is 2.12. The molecule has 0 unspecified atom stereocenters. The third-order valence-electron chi connectivity index (χ3n) is 5.82. The van der Waals surface area contributed by atoms with Gasteiger partial charge in [0, 0.05) is 35.9 Å². The average Bonchev–Trinajstić information content (AvgIpc) is 3.01. The minimum absolute atomic E-state index is 0.189. The number of nitrogens with zero attached hydrogens (tertiary/aromatic N) is 2. The Morgan fingerprint density at radius 3 is 2.83 bits per heavy atom. The molecule has 4 rings (SSSR count). The molecule has 29 heavy (non-hydrogen) atoms. The van der Waals surface area contributed by atoms with Gasteiger partial charge in [0.25, 0.3) is 0 Å². The molecule has 1 aromatic carbocycles. The van der Waals surface area contributed by atoms with Crippen molar-refractivity contribution in [3.05, 3.63) is 46.0 Å². The van der Waals surface area contributed by atoms with E-state index in [1.54, 1.807) is 6.92 Å². The lowest BCUT2D eigenvalue weighted by molar-refractivity contribution is -0.136. The number of aryl methyl sites for hydroxylation is 2. The summed E-state index contributed by atoms with van der Waals surface area (Å²) in [6.45, 7) is 4.57. The van der Waals surface area contributed by atoms with Gasteiger partial charge in [-0.15, -0.1) is 0 Å². The van der Waals surface area contributed by atoms with Crippen LogP contribution in [-0.2, 0) is 31.2 Å². The number of benzene rings is 1. The summed E-state index contributed by atoms with van der Waals surface area (Å²) in [6.07, 6.45) is 1.37. The molecule has 3 aromatic rings. The van der Waals surface area contributed by atoms with Crippen LogP contribution in [0.3, 0.4) is 0 Å². The number of carboxylic acids is 1. The Morgan fingerprint density at radius 1 is 1.38 bits per heavy atom. The summed E-state index contributed by atoms with van der Waals surface area (Å²) < 4.78 is 22.4. The maximum atomic E-state index is 15.0. The topological polar surface area (TPSA) is 90.4 Å². The van der Waals surface area contributed by atoms with Crippen molar-refractivity contribution in [1.82, 2.24) is 9.55 Å². The Labute approximate surface area is 168 Å². The molecule has 3 N–H and O–H groups in total. The highest BCUT2D eigenvalue weighted by molar-refractivity contribution is 5.98. The van der Waals surface area contributed by atoms with E-state index in [4.69, 9.17) is 10.5 Å². The van der Waals surface area contributed by atoms with E-state index in [0.717, 1.165) is 40.6 Å². The van der Waals surface area contributed by atoms with E-state index in [-0.39, 0.29) is 6.42 Å². The van der Waals surface area contributed by atoms with Crippen LogP contribution in [0.4, 0.5) is 4.39 Å². The Bertz CT molecular complexity index is 1150. The lowest BCUT2D eigenvalue weighted by Gasteiger charge is -2.23. The van der Waals surface area contributed by atoms with Crippen molar-refractivity contribution in [3.8, 4) is 16.9 Å². The fourth-order valence-corrected chi connectivity index (χ4v) is 4.32. The molecule has 2 aromatic heterocycles. The van der Waals surface area contributed by atoms with Crippen molar-refractivity contribution in [3.63, 3.8) is 0 Å². The fourth-order valence-electron chi connectivity index (χ4n) is 4.32. The lowest BCUT2D eigenvalue weighted by atomic mass is 9.87. The third-order valence-corrected chi connectivity index (χ3v) is 5.82. The summed E-state index contributed by atoms with van der Waals surface area (Å²) >= 11 is 0. The van der Waals surface area contributed by atoms with Crippen LogP contribution < -0.4 is 10.5 Å². The highest BCUT2D eigenvalue weighted by Crippen LogP contribution is 2.42. The second kappa shape index (κ2) is 7.15. The number of hydrogen-bond acceptors (Lipinski definition) is 4. The first-order chi connectivity index (χ1) is 13.8. The number of pyridine rings is 1. The monoisotopic (exact) mass is 397 g/mol. The van der Waals surface area contributed by atoms with Crippen molar-refractivity contribution < 1.29 is 19.0 Å². The zero-order valence-corrected chi connectivity index (χ0v) is 16.8. The van der Waals surface area contributed by atoms with Crippen LogP contribution in [0.25, 0.3) is 22.2 Å². The summed E-state index contributed by atoms with van der Waals surface area (Å²) in [7, 11) is 1.88. The van der Waals surface area contributed by atoms with Gasteiger partial charge >= 0.3 is 5.97 Å². The zero-order chi connectivity index (χ0) is 20.9. The fraction of sp³-hybridized carbons (Fsp3) is 0.364. The molecule has 0 atom stereocenters. The zero-order valence-electron chi connectivity index (χ0n) is 16.8. The number of aromatic nitrogens is 2. The normalized spacial score (nSPS) is 13.4. The molecule has 0 bridgehead atoms. The van der Waals surface area contributed by atoms with Gasteiger partial charge in [0.1, 0.15) is 5.65 Å². The molecule has 0 saturated carbocycles. The second-order valence-electron chi connectivity index (χ2n) is 7.55. The van der Waals surface area contributed by atoms with Gasteiger partial charge in [0.15, 0.2) is 11.6 Å². The molecule has 0 aliphatic carbocycles. The quantitative estimate of drug-likeness (QED) is 0.704. The van der Waals surface area contributed by atoms with Gasteiger partial charge in [0.05, 0.1) is 13.0 Å². The molecule has 1 aliphatic heterocycles. The first-order valence-electron chi connectivity index (χ1n) is 9.68. The number of fused-ring (bicyclic) bond motifs is 2. The van der Waals surface area contributed by atoms with Gasteiger partial charge in [-0.1, -0.05) is 0 Å². The SMILES string of the molecule is Cc1nc2c(cc(CN)n2C)c(-c2cc(F)c3c(c2C)CCCO3)c1CC(=O)O. The molecule has 1 aliphatic rings. The molecule has 0 spiro atoms. The maximum Gasteiger partial charge on any atom is 0.307 e. The molecule has 0 fully saturated rings. The standard InChI is InChI=1S/C22H24FN3O3/c1-11-14-5-4-6-29-21(14)18(23)8-15(11)20-16(9-19(27)28)12(2)25-22-17(20)7-13(10-24)26(22)3/h7-8H,4-6,9-10,24H2,1-3H3,(H,27,28). The van der Waals surface area contributed by atoms with Crippen LogP contribution >= 0.6 is 0 Å². The number of carboxylic acid groups (broad SMARTS) is 1. The van der Waals surface area contributed by atoms with E-state index in [1.165, 1.54) is 6.07 Å². The van der Waals surface area contributed by atoms with Crippen LogP contribution in [-0.4, -0.2) is 27.2 Å². The lowest BCUT2D eigenvalue weighted by Crippen LogP contribution is -2.13. The van der Waals surface area contributed by atoms with Gasteiger partial charge < -0.3 is 20.1 Å². The van der Waals surface area contributed by atoms with E-state index in [2.05, 4.69) is 4.98 Å². The smallest absolute Gasteiger partial charge is 0.307 e. The van der Waals surface area contributed by atoms with Crippen molar-refractivity contribution in [2.75, 3.05) is 6.61 Å². The summed E-state index contributed by atoms with van der Waals surface area (Å²) in [5, 5.41) is 10.3. The van der Waals surface area contributed by atoms with Crippen LogP contribution in [0.1, 0.15) is 34.5 Å². The van der Waals surface area contributed by atoms with Crippen LogP contribution in [0, 0.1) is 19.7 Å². The Hall–Kier alpha value is -2.93. The summed E-state index contributed by atoms with van der Waals surface area (Å²) in [5.41, 5.74) is 11.9. The molecule has 152 valence electrons. The van der Waals surface area contributed by atoms with E-state index in [9.17, 15) is 14.3 Å². The summed E-state index contributed by atoms with van der Waals surface area (Å²) in [6, 6.07) is 3.39. The summed E-state index contributed by atoms with van der Waals surface area (Å²) in [4.78, 5) is 16.3. The van der Waals surface area contributed by atoms with Crippen LogP contribution in [0.5, 0.6) is 5.75 Å². The number of rotatable bonds is 4. The molecule has 0 radical (unpaired) electrons. The third kappa shape index (κ3) is 3.06. The minimum Gasteiger partial charge on any atom is -0.490 e. The van der Waals surface area contributed by atoms with Crippen molar-refractivity contribution >= 4 is 17.0 Å². The average molecular weight is 397 g/mol. The van der Waals surface area contributed by atoms with Gasteiger partial charge in [-0.05, 0) is 61.1 Å².